The minimum atomic E-state index is -0.427. The summed E-state index contributed by atoms with van der Waals surface area (Å²) in [5.74, 6) is -0.765. The molecule has 0 spiro atoms. The van der Waals surface area contributed by atoms with Crippen LogP contribution in [0.2, 0.25) is 5.02 Å². The summed E-state index contributed by atoms with van der Waals surface area (Å²) < 4.78 is 1.98. The normalized spacial score (nSPS) is 11.5. The topological polar surface area (TPSA) is 63.1 Å². The minimum absolute atomic E-state index is 0.176. The molecule has 0 bridgehead atoms. The van der Waals surface area contributed by atoms with Crippen LogP contribution in [0.15, 0.2) is 60.4 Å². The molecule has 28 heavy (non-hydrogen) atoms. The minimum Gasteiger partial charge on any atom is -0.351 e. The van der Waals surface area contributed by atoms with Gasteiger partial charge >= 0.3 is 0 Å². The number of carbonyl (C=O) groups is 2. The summed E-state index contributed by atoms with van der Waals surface area (Å²) in [5, 5.41) is 6.87. The van der Waals surface area contributed by atoms with E-state index in [2.05, 4.69) is 10.6 Å². The van der Waals surface area contributed by atoms with Crippen LogP contribution in [0.4, 0.5) is 0 Å². The zero-order valence-corrected chi connectivity index (χ0v) is 16.6. The van der Waals surface area contributed by atoms with Crippen LogP contribution in [0.25, 0.3) is 17.0 Å². The van der Waals surface area contributed by atoms with E-state index >= 15 is 0 Å². The Hall–Kier alpha value is -3.05. The number of benzene rings is 2. The molecule has 0 radical (unpaired) electrons. The average molecular weight is 396 g/mol. The quantitative estimate of drug-likeness (QED) is 0.616. The fourth-order valence-electron chi connectivity index (χ4n) is 2.97. The number of hydrogen-bond donors (Lipinski definition) is 2. The molecule has 1 aromatic heterocycles. The molecule has 0 unspecified atom stereocenters. The second-order valence-electron chi connectivity index (χ2n) is 6.46. The Kier molecular flexibility index (Phi) is 6.16. The smallest absolute Gasteiger partial charge is 0.267 e. The third-order valence-corrected chi connectivity index (χ3v) is 4.70. The number of fused-ring (bicyclic) bond motifs is 1. The summed E-state index contributed by atoms with van der Waals surface area (Å²) in [6.07, 6.45) is 4.42. The molecule has 0 fully saturated rings. The van der Waals surface area contributed by atoms with Crippen molar-refractivity contribution in [1.82, 2.24) is 15.2 Å². The number of aromatic nitrogens is 1. The molecule has 0 saturated carbocycles. The van der Waals surface area contributed by atoms with Gasteiger partial charge in [0.2, 0.25) is 0 Å². The van der Waals surface area contributed by atoms with Crippen molar-refractivity contribution < 1.29 is 9.59 Å². The third kappa shape index (κ3) is 4.26. The van der Waals surface area contributed by atoms with Crippen LogP contribution in [-0.4, -0.2) is 22.9 Å². The monoisotopic (exact) mass is 395 g/mol. The lowest BCUT2D eigenvalue weighted by atomic mass is 10.1. The second-order valence-corrected chi connectivity index (χ2v) is 6.87. The van der Waals surface area contributed by atoms with E-state index in [0.717, 1.165) is 22.9 Å². The van der Waals surface area contributed by atoms with Crippen LogP contribution < -0.4 is 10.6 Å². The lowest BCUT2D eigenvalue weighted by Crippen LogP contribution is -2.35. The SMILES string of the molecule is CCCNC(=O)C(=Cc1cn(C)c2ccccc12)NC(=O)c1ccccc1Cl. The Balaban J connectivity index is 1.99. The van der Waals surface area contributed by atoms with Gasteiger partial charge in [-0.25, -0.2) is 0 Å². The summed E-state index contributed by atoms with van der Waals surface area (Å²) >= 11 is 6.12. The van der Waals surface area contributed by atoms with Gasteiger partial charge in [-0.2, -0.15) is 0 Å². The number of amides is 2. The van der Waals surface area contributed by atoms with E-state index in [1.807, 2.05) is 49.0 Å². The number of hydrogen-bond acceptors (Lipinski definition) is 2. The van der Waals surface area contributed by atoms with Crippen molar-refractivity contribution in [1.29, 1.82) is 0 Å². The largest absolute Gasteiger partial charge is 0.351 e. The van der Waals surface area contributed by atoms with Crippen LogP contribution in [-0.2, 0) is 11.8 Å². The van der Waals surface area contributed by atoms with Crippen molar-refractivity contribution >= 4 is 40.4 Å². The van der Waals surface area contributed by atoms with Crippen LogP contribution in [0, 0.1) is 0 Å². The highest BCUT2D eigenvalue weighted by Crippen LogP contribution is 2.22. The zero-order chi connectivity index (χ0) is 20.1. The van der Waals surface area contributed by atoms with E-state index in [9.17, 15) is 9.59 Å². The van der Waals surface area contributed by atoms with Gasteiger partial charge in [0.05, 0.1) is 10.6 Å². The van der Waals surface area contributed by atoms with Gasteiger partial charge < -0.3 is 15.2 Å². The van der Waals surface area contributed by atoms with Gasteiger partial charge in [-0.3, -0.25) is 9.59 Å². The van der Waals surface area contributed by atoms with Crippen molar-refractivity contribution in [2.75, 3.05) is 6.54 Å². The maximum absolute atomic E-state index is 12.7. The summed E-state index contributed by atoms with van der Waals surface area (Å²) in [7, 11) is 1.94. The van der Waals surface area contributed by atoms with Gasteiger partial charge in [-0.05, 0) is 30.7 Å². The molecule has 3 rings (SSSR count). The van der Waals surface area contributed by atoms with Crippen molar-refractivity contribution in [2.45, 2.75) is 13.3 Å². The number of aryl methyl sites for hydroxylation is 1. The lowest BCUT2D eigenvalue weighted by molar-refractivity contribution is -0.117. The van der Waals surface area contributed by atoms with E-state index in [0.29, 0.717) is 17.1 Å². The molecular formula is C22H22ClN3O2. The molecule has 0 aliphatic rings. The van der Waals surface area contributed by atoms with E-state index in [4.69, 9.17) is 11.6 Å². The number of para-hydroxylation sites is 1. The third-order valence-electron chi connectivity index (χ3n) is 4.37. The molecule has 2 N–H and O–H groups in total. The van der Waals surface area contributed by atoms with Gasteiger partial charge in [0, 0.05) is 36.3 Å². The standard InChI is InChI=1S/C22H22ClN3O2/c1-3-12-24-22(28)19(25-21(27)17-9-4-6-10-18(17)23)13-15-14-26(2)20-11-7-5-8-16(15)20/h4-11,13-14H,3,12H2,1-2H3,(H,24,28)(H,25,27). The fraction of sp³-hybridized carbons (Fsp3) is 0.182. The van der Waals surface area contributed by atoms with E-state index in [1.165, 1.54) is 0 Å². The molecule has 2 aromatic carbocycles. The molecular weight excluding hydrogens is 374 g/mol. The number of halogens is 1. The molecule has 6 heteroatoms. The Morgan fingerprint density at radius 3 is 2.57 bits per heavy atom. The number of nitrogens with one attached hydrogen (secondary N) is 2. The van der Waals surface area contributed by atoms with Crippen LogP contribution in [0.3, 0.4) is 0 Å². The average Bonchev–Trinajstić information content (AvgIpc) is 3.01. The van der Waals surface area contributed by atoms with E-state index in [1.54, 1.807) is 30.3 Å². The second kappa shape index (κ2) is 8.76. The van der Waals surface area contributed by atoms with E-state index in [-0.39, 0.29) is 11.6 Å². The van der Waals surface area contributed by atoms with Crippen LogP contribution >= 0.6 is 11.6 Å². The number of carbonyl (C=O) groups excluding carboxylic acids is 2. The molecule has 0 atom stereocenters. The Morgan fingerprint density at radius 1 is 1.11 bits per heavy atom. The first-order valence-corrected chi connectivity index (χ1v) is 9.49. The predicted molar refractivity (Wildman–Crippen MR) is 113 cm³/mol. The molecule has 2 amide bonds. The predicted octanol–water partition coefficient (Wildman–Crippen LogP) is 4.13. The summed E-state index contributed by atoms with van der Waals surface area (Å²) in [6, 6.07) is 14.6. The number of rotatable bonds is 6. The van der Waals surface area contributed by atoms with E-state index < -0.39 is 5.91 Å². The highest BCUT2D eigenvalue weighted by molar-refractivity contribution is 6.34. The van der Waals surface area contributed by atoms with Gasteiger partial charge in [-0.15, -0.1) is 0 Å². The summed E-state index contributed by atoms with van der Waals surface area (Å²) in [5.41, 5.74) is 2.38. The molecule has 144 valence electrons. The maximum Gasteiger partial charge on any atom is 0.267 e. The highest BCUT2D eigenvalue weighted by atomic mass is 35.5. The molecule has 0 saturated heterocycles. The van der Waals surface area contributed by atoms with Gasteiger partial charge in [0.15, 0.2) is 0 Å². The van der Waals surface area contributed by atoms with Crippen molar-refractivity contribution in [3.05, 3.63) is 76.6 Å². The Bertz CT molecular complexity index is 1050. The lowest BCUT2D eigenvalue weighted by Gasteiger charge is -2.11. The molecule has 1 heterocycles. The van der Waals surface area contributed by atoms with Crippen molar-refractivity contribution in [2.24, 2.45) is 7.05 Å². The fourth-order valence-corrected chi connectivity index (χ4v) is 3.19. The van der Waals surface area contributed by atoms with Crippen molar-refractivity contribution in [3.8, 4) is 0 Å². The van der Waals surface area contributed by atoms with Gasteiger partial charge in [0.25, 0.3) is 11.8 Å². The van der Waals surface area contributed by atoms with Gasteiger partial charge in [-0.1, -0.05) is 48.9 Å². The molecule has 0 aliphatic carbocycles. The highest BCUT2D eigenvalue weighted by Gasteiger charge is 2.17. The first kappa shape index (κ1) is 19.7. The van der Waals surface area contributed by atoms with Crippen LogP contribution in [0.1, 0.15) is 29.3 Å². The molecule has 3 aromatic rings. The summed E-state index contributed by atoms with van der Waals surface area (Å²) in [4.78, 5) is 25.4. The zero-order valence-electron chi connectivity index (χ0n) is 15.8. The van der Waals surface area contributed by atoms with Crippen LogP contribution in [0.5, 0.6) is 0 Å². The van der Waals surface area contributed by atoms with Crippen molar-refractivity contribution in [3.63, 3.8) is 0 Å². The number of nitrogens with zero attached hydrogens (tertiary/aromatic N) is 1. The Morgan fingerprint density at radius 2 is 1.82 bits per heavy atom. The van der Waals surface area contributed by atoms with Gasteiger partial charge in [0.1, 0.15) is 5.70 Å². The maximum atomic E-state index is 12.7. The first-order chi connectivity index (χ1) is 13.5. The Labute approximate surface area is 169 Å². The summed E-state index contributed by atoms with van der Waals surface area (Å²) in [6.45, 7) is 2.49. The molecule has 0 aliphatic heterocycles. The first-order valence-electron chi connectivity index (χ1n) is 9.11. The molecule has 5 nitrogen and oxygen atoms in total.